The van der Waals surface area contributed by atoms with Gasteiger partial charge in [0.05, 0.1) is 0 Å². The minimum Gasteiger partial charge on any atom is -0.277 e. The van der Waals surface area contributed by atoms with Crippen molar-refractivity contribution in [1.82, 2.24) is 10.6 Å². The molecule has 0 saturated carbocycles. The molecule has 0 bridgehead atoms. The topological polar surface area (TPSA) is 75.3 Å². The third-order valence-electron chi connectivity index (χ3n) is 2.55. The summed E-state index contributed by atoms with van der Waals surface area (Å²) in [5, 5.41) is 4.14. The largest absolute Gasteiger partial charge is 0.328 e. The number of urea groups is 1. The molecule has 5 nitrogen and oxygen atoms in total. The van der Waals surface area contributed by atoms with Crippen molar-refractivity contribution in [3.05, 3.63) is 0 Å². The predicted molar refractivity (Wildman–Crippen MR) is 44.6 cm³/mol. The third-order valence-corrected chi connectivity index (χ3v) is 2.55. The molecule has 0 aliphatic carbocycles. The number of nitrogens with one attached hydrogen (secondary N) is 2. The molecule has 1 heterocycles. The van der Waals surface area contributed by atoms with Crippen LogP contribution in [0.4, 0.5) is 4.79 Å². The van der Waals surface area contributed by atoms with E-state index >= 15 is 0 Å². The molecular formula is C8H12N2O3. The van der Waals surface area contributed by atoms with Crippen LogP contribution in [0.3, 0.4) is 0 Å². The van der Waals surface area contributed by atoms with Gasteiger partial charge in [0.15, 0.2) is 0 Å². The summed E-state index contributed by atoms with van der Waals surface area (Å²) in [6.45, 7) is 5.04. The van der Waals surface area contributed by atoms with Gasteiger partial charge in [-0.05, 0) is 12.8 Å². The van der Waals surface area contributed by atoms with Crippen molar-refractivity contribution >= 4 is 17.8 Å². The Labute approximate surface area is 75.9 Å². The zero-order valence-corrected chi connectivity index (χ0v) is 7.80. The van der Waals surface area contributed by atoms with Gasteiger partial charge in [0, 0.05) is 0 Å². The molecule has 0 radical (unpaired) electrons. The summed E-state index contributed by atoms with van der Waals surface area (Å²) in [7, 11) is 0. The van der Waals surface area contributed by atoms with Gasteiger partial charge in [-0.2, -0.15) is 0 Å². The van der Waals surface area contributed by atoms with Gasteiger partial charge < -0.3 is 0 Å². The van der Waals surface area contributed by atoms with Crippen LogP contribution in [0.5, 0.6) is 0 Å². The predicted octanol–water partition coefficient (Wildman–Crippen LogP) is 0.0147. The number of amides is 4. The van der Waals surface area contributed by atoms with Gasteiger partial charge >= 0.3 is 6.03 Å². The molecule has 0 atom stereocenters. The fourth-order valence-corrected chi connectivity index (χ4v) is 1.12. The molecule has 13 heavy (non-hydrogen) atoms. The zero-order chi connectivity index (χ0) is 10.2. The first-order valence-corrected chi connectivity index (χ1v) is 4.06. The highest BCUT2D eigenvalue weighted by Crippen LogP contribution is 2.28. The van der Waals surface area contributed by atoms with Crippen molar-refractivity contribution in [1.29, 1.82) is 0 Å². The molecule has 5 heteroatoms. The lowest BCUT2D eigenvalue weighted by Gasteiger charge is -2.33. The van der Waals surface area contributed by atoms with E-state index in [9.17, 15) is 14.4 Å². The quantitative estimate of drug-likeness (QED) is 0.564. The Morgan fingerprint density at radius 2 is 1.46 bits per heavy atom. The van der Waals surface area contributed by atoms with Crippen LogP contribution in [-0.2, 0) is 9.59 Å². The van der Waals surface area contributed by atoms with Gasteiger partial charge in [0.1, 0.15) is 5.41 Å². The molecule has 0 spiro atoms. The Kier molecular flexibility index (Phi) is 2.11. The van der Waals surface area contributed by atoms with Crippen LogP contribution in [0.15, 0.2) is 0 Å². The average Bonchev–Trinajstić information content (AvgIpc) is 1.99. The average molecular weight is 184 g/mol. The lowest BCUT2D eigenvalue weighted by Crippen LogP contribution is -2.63. The van der Waals surface area contributed by atoms with Crippen LogP contribution in [0.1, 0.15) is 20.8 Å². The van der Waals surface area contributed by atoms with Gasteiger partial charge in [-0.15, -0.1) is 0 Å². The highest BCUT2D eigenvalue weighted by atomic mass is 16.2. The van der Waals surface area contributed by atoms with Crippen LogP contribution in [-0.4, -0.2) is 17.8 Å². The molecular weight excluding hydrogens is 172 g/mol. The number of rotatable bonds is 1. The molecule has 0 unspecified atom stereocenters. The van der Waals surface area contributed by atoms with Crippen LogP contribution >= 0.6 is 0 Å². The van der Waals surface area contributed by atoms with E-state index in [-0.39, 0.29) is 5.92 Å². The molecule has 0 aromatic rings. The number of carbonyl (C=O) groups excluding carboxylic acids is 3. The Morgan fingerprint density at radius 1 is 1.08 bits per heavy atom. The highest BCUT2D eigenvalue weighted by molar-refractivity contribution is 6.19. The molecule has 0 aromatic carbocycles. The van der Waals surface area contributed by atoms with E-state index < -0.39 is 23.3 Å². The Hall–Kier alpha value is -1.39. The van der Waals surface area contributed by atoms with Crippen molar-refractivity contribution in [2.45, 2.75) is 20.8 Å². The first kappa shape index (κ1) is 9.70. The first-order chi connectivity index (χ1) is 5.89. The number of imide groups is 2. The fourth-order valence-electron chi connectivity index (χ4n) is 1.12. The minimum atomic E-state index is -1.14. The summed E-state index contributed by atoms with van der Waals surface area (Å²) >= 11 is 0. The summed E-state index contributed by atoms with van der Waals surface area (Å²) in [5.74, 6) is -1.21. The number of hydrogen-bond acceptors (Lipinski definition) is 3. The molecule has 4 amide bonds. The van der Waals surface area contributed by atoms with Gasteiger partial charge in [-0.3, -0.25) is 20.2 Å². The van der Waals surface area contributed by atoms with Gasteiger partial charge in [0.2, 0.25) is 11.8 Å². The molecule has 1 fully saturated rings. The molecule has 1 saturated heterocycles. The van der Waals surface area contributed by atoms with Crippen LogP contribution in [0.2, 0.25) is 0 Å². The van der Waals surface area contributed by atoms with Crippen molar-refractivity contribution in [2.24, 2.45) is 11.3 Å². The van der Waals surface area contributed by atoms with Crippen molar-refractivity contribution in [3.8, 4) is 0 Å². The molecule has 72 valence electrons. The van der Waals surface area contributed by atoms with Crippen molar-refractivity contribution in [3.63, 3.8) is 0 Å². The van der Waals surface area contributed by atoms with E-state index in [0.29, 0.717) is 0 Å². The van der Waals surface area contributed by atoms with E-state index in [1.165, 1.54) is 6.92 Å². The third kappa shape index (κ3) is 1.30. The number of carbonyl (C=O) groups is 3. The second kappa shape index (κ2) is 2.83. The minimum absolute atomic E-state index is 0.152. The first-order valence-electron chi connectivity index (χ1n) is 4.06. The standard InChI is InChI=1S/C8H12N2O3/c1-4(2)8(3)5(11)9-7(13)10-6(8)12/h4H,1-3H3,(H2,9,10,11,12,13). The van der Waals surface area contributed by atoms with E-state index in [0.717, 1.165) is 0 Å². The maximum atomic E-state index is 11.4. The second-order valence-corrected chi connectivity index (χ2v) is 3.59. The van der Waals surface area contributed by atoms with Crippen LogP contribution < -0.4 is 10.6 Å². The lowest BCUT2D eigenvalue weighted by molar-refractivity contribution is -0.146. The van der Waals surface area contributed by atoms with Gasteiger partial charge in [-0.25, -0.2) is 4.79 Å². The van der Waals surface area contributed by atoms with E-state index in [1.807, 2.05) is 0 Å². The Balaban J connectivity index is 3.03. The monoisotopic (exact) mass is 184 g/mol. The Bertz CT molecular complexity index is 263. The highest BCUT2D eigenvalue weighted by Gasteiger charge is 2.48. The van der Waals surface area contributed by atoms with Gasteiger partial charge in [0.25, 0.3) is 0 Å². The van der Waals surface area contributed by atoms with E-state index in [4.69, 9.17) is 0 Å². The second-order valence-electron chi connectivity index (χ2n) is 3.59. The summed E-state index contributed by atoms with van der Waals surface area (Å²) in [6.07, 6.45) is 0. The lowest BCUT2D eigenvalue weighted by atomic mass is 9.76. The number of barbiturate groups is 1. The van der Waals surface area contributed by atoms with E-state index in [2.05, 4.69) is 10.6 Å². The summed E-state index contributed by atoms with van der Waals surface area (Å²) in [4.78, 5) is 33.5. The van der Waals surface area contributed by atoms with Crippen LogP contribution in [0.25, 0.3) is 0 Å². The van der Waals surface area contributed by atoms with Crippen molar-refractivity contribution in [2.75, 3.05) is 0 Å². The Morgan fingerprint density at radius 3 is 1.77 bits per heavy atom. The maximum Gasteiger partial charge on any atom is 0.328 e. The summed E-state index contributed by atoms with van der Waals surface area (Å²) in [5.41, 5.74) is -1.14. The summed E-state index contributed by atoms with van der Waals surface area (Å²) in [6, 6.07) is -0.742. The molecule has 0 aromatic heterocycles. The van der Waals surface area contributed by atoms with Crippen molar-refractivity contribution < 1.29 is 14.4 Å². The maximum absolute atomic E-state index is 11.4. The summed E-state index contributed by atoms with van der Waals surface area (Å²) < 4.78 is 0. The molecule has 1 rings (SSSR count). The smallest absolute Gasteiger partial charge is 0.277 e. The van der Waals surface area contributed by atoms with Gasteiger partial charge in [-0.1, -0.05) is 13.8 Å². The van der Waals surface area contributed by atoms with E-state index in [1.54, 1.807) is 13.8 Å². The SMILES string of the molecule is CC(C)C1(C)C(=O)NC(=O)NC1=O. The zero-order valence-electron chi connectivity index (χ0n) is 7.80. The molecule has 2 N–H and O–H groups in total. The number of hydrogen-bond donors (Lipinski definition) is 2. The van der Waals surface area contributed by atoms with Crippen LogP contribution in [0, 0.1) is 11.3 Å². The molecule has 1 aliphatic rings. The molecule has 1 aliphatic heterocycles. The normalized spacial score (nSPS) is 21.4. The fraction of sp³-hybridized carbons (Fsp3) is 0.625.